The average molecular weight is 461 g/mol. The van der Waals surface area contributed by atoms with Crippen LogP contribution in [-0.4, -0.2) is 41.2 Å². The minimum absolute atomic E-state index is 0.000302. The van der Waals surface area contributed by atoms with E-state index in [2.05, 4.69) is 27.8 Å². The SMILES string of the molecule is C/C(=C\CNC(=O)c1ncoc1CNC(=O)OCC1c2ccccc2-c2ccccc21)C(=O)O. The van der Waals surface area contributed by atoms with Crippen LogP contribution < -0.4 is 10.6 Å². The van der Waals surface area contributed by atoms with E-state index in [0.717, 1.165) is 28.6 Å². The van der Waals surface area contributed by atoms with Crippen molar-refractivity contribution in [2.24, 2.45) is 0 Å². The molecular formula is C25H23N3O6. The molecular weight excluding hydrogens is 438 g/mol. The second-order valence-electron chi connectivity index (χ2n) is 7.71. The molecule has 0 aliphatic heterocycles. The van der Waals surface area contributed by atoms with Crippen LogP contribution in [0.3, 0.4) is 0 Å². The molecule has 9 heteroatoms. The average Bonchev–Trinajstić information content (AvgIpc) is 3.44. The minimum atomic E-state index is -1.07. The van der Waals surface area contributed by atoms with E-state index in [4.69, 9.17) is 14.3 Å². The van der Waals surface area contributed by atoms with Gasteiger partial charge in [0.05, 0.1) is 6.54 Å². The minimum Gasteiger partial charge on any atom is -0.478 e. The Morgan fingerprint density at radius 2 is 1.71 bits per heavy atom. The molecule has 0 saturated carbocycles. The highest BCUT2D eigenvalue weighted by Crippen LogP contribution is 2.44. The summed E-state index contributed by atoms with van der Waals surface area (Å²) in [4.78, 5) is 39.3. The summed E-state index contributed by atoms with van der Waals surface area (Å²) in [6.45, 7) is 1.51. The van der Waals surface area contributed by atoms with Crippen LogP contribution in [0.15, 0.2) is 71.0 Å². The molecule has 34 heavy (non-hydrogen) atoms. The van der Waals surface area contributed by atoms with Crippen LogP contribution in [0, 0.1) is 0 Å². The fourth-order valence-corrected chi connectivity index (χ4v) is 3.85. The van der Waals surface area contributed by atoms with E-state index in [1.54, 1.807) is 0 Å². The number of ether oxygens (including phenoxy) is 1. The number of aromatic nitrogens is 1. The second-order valence-corrected chi connectivity index (χ2v) is 7.71. The predicted molar refractivity (Wildman–Crippen MR) is 122 cm³/mol. The molecule has 4 rings (SSSR count). The maximum Gasteiger partial charge on any atom is 0.407 e. The van der Waals surface area contributed by atoms with Crippen molar-refractivity contribution in [1.29, 1.82) is 0 Å². The predicted octanol–water partition coefficient (Wildman–Crippen LogP) is 3.47. The van der Waals surface area contributed by atoms with Gasteiger partial charge in [0, 0.05) is 18.0 Å². The molecule has 1 aromatic heterocycles. The molecule has 2 aromatic carbocycles. The smallest absolute Gasteiger partial charge is 0.407 e. The molecule has 1 heterocycles. The number of nitrogens with one attached hydrogen (secondary N) is 2. The van der Waals surface area contributed by atoms with Crippen LogP contribution in [0.25, 0.3) is 11.1 Å². The Labute approximate surface area is 195 Å². The molecule has 1 aliphatic carbocycles. The van der Waals surface area contributed by atoms with Crippen molar-refractivity contribution in [2.45, 2.75) is 19.4 Å². The number of benzene rings is 2. The lowest BCUT2D eigenvalue weighted by Gasteiger charge is -2.14. The highest BCUT2D eigenvalue weighted by atomic mass is 16.5. The van der Waals surface area contributed by atoms with Crippen LogP contribution in [0.2, 0.25) is 0 Å². The van der Waals surface area contributed by atoms with Gasteiger partial charge in [-0.25, -0.2) is 14.6 Å². The first-order valence-electron chi connectivity index (χ1n) is 10.6. The fraction of sp³-hybridized carbons (Fsp3) is 0.200. The molecule has 0 spiro atoms. The normalized spacial score (nSPS) is 12.6. The first kappa shape index (κ1) is 22.8. The third-order valence-corrected chi connectivity index (χ3v) is 5.60. The number of alkyl carbamates (subject to hydrolysis) is 1. The Kier molecular flexibility index (Phi) is 6.72. The van der Waals surface area contributed by atoms with Gasteiger partial charge in [0.15, 0.2) is 17.8 Å². The Morgan fingerprint density at radius 3 is 2.35 bits per heavy atom. The van der Waals surface area contributed by atoms with Gasteiger partial charge in [0.1, 0.15) is 6.61 Å². The van der Waals surface area contributed by atoms with Gasteiger partial charge in [-0.15, -0.1) is 0 Å². The third kappa shape index (κ3) is 4.83. The maximum absolute atomic E-state index is 12.4. The van der Waals surface area contributed by atoms with Crippen molar-refractivity contribution < 1.29 is 28.6 Å². The number of rotatable bonds is 8. The zero-order valence-electron chi connectivity index (χ0n) is 18.4. The standard InChI is InChI=1S/C25H23N3O6/c1-15(24(30)31)10-11-26-23(29)22-21(34-14-28-22)12-27-25(32)33-13-20-18-8-4-2-6-16(18)17-7-3-5-9-19(17)20/h2-10,14,20H,11-13H2,1H3,(H,26,29)(H,27,32)(H,30,31)/b15-10+. The molecule has 0 unspecified atom stereocenters. The quantitative estimate of drug-likeness (QED) is 0.438. The molecule has 0 atom stereocenters. The van der Waals surface area contributed by atoms with E-state index >= 15 is 0 Å². The second kappa shape index (κ2) is 10.0. The van der Waals surface area contributed by atoms with E-state index in [1.807, 2.05) is 36.4 Å². The molecule has 0 radical (unpaired) electrons. The van der Waals surface area contributed by atoms with Gasteiger partial charge in [0.25, 0.3) is 5.91 Å². The number of hydrogen-bond donors (Lipinski definition) is 3. The highest BCUT2D eigenvalue weighted by Gasteiger charge is 2.29. The van der Waals surface area contributed by atoms with Gasteiger partial charge in [-0.05, 0) is 29.2 Å². The van der Waals surface area contributed by atoms with Gasteiger partial charge in [-0.3, -0.25) is 4.79 Å². The fourth-order valence-electron chi connectivity index (χ4n) is 3.85. The number of carbonyl (C=O) groups is 3. The zero-order chi connectivity index (χ0) is 24.1. The molecule has 3 aromatic rings. The van der Waals surface area contributed by atoms with Crippen molar-refractivity contribution in [2.75, 3.05) is 13.2 Å². The van der Waals surface area contributed by atoms with Gasteiger partial charge >= 0.3 is 12.1 Å². The van der Waals surface area contributed by atoms with Crippen molar-refractivity contribution >= 4 is 18.0 Å². The Balaban J connectivity index is 1.32. The Hall–Kier alpha value is -4.40. The molecule has 0 fully saturated rings. The number of aliphatic carboxylic acids is 1. The number of amides is 2. The summed E-state index contributed by atoms with van der Waals surface area (Å²) in [5.74, 6) is -1.52. The van der Waals surface area contributed by atoms with Crippen LogP contribution in [0.4, 0.5) is 4.79 Å². The zero-order valence-corrected chi connectivity index (χ0v) is 18.4. The first-order valence-corrected chi connectivity index (χ1v) is 10.6. The molecule has 3 N–H and O–H groups in total. The summed E-state index contributed by atoms with van der Waals surface area (Å²) in [7, 11) is 0. The van der Waals surface area contributed by atoms with Crippen molar-refractivity contribution in [1.82, 2.24) is 15.6 Å². The van der Waals surface area contributed by atoms with E-state index in [9.17, 15) is 14.4 Å². The molecule has 1 aliphatic rings. The first-order chi connectivity index (χ1) is 16.5. The van der Waals surface area contributed by atoms with Crippen molar-refractivity contribution in [3.05, 3.63) is 89.2 Å². The van der Waals surface area contributed by atoms with Gasteiger partial charge < -0.3 is 24.9 Å². The highest BCUT2D eigenvalue weighted by molar-refractivity contribution is 5.93. The van der Waals surface area contributed by atoms with Crippen molar-refractivity contribution in [3.8, 4) is 11.1 Å². The lowest BCUT2D eigenvalue weighted by atomic mass is 9.98. The summed E-state index contributed by atoms with van der Waals surface area (Å²) in [5, 5.41) is 14.0. The lowest BCUT2D eigenvalue weighted by molar-refractivity contribution is -0.132. The number of nitrogens with zero attached hydrogens (tertiary/aromatic N) is 1. The topological polar surface area (TPSA) is 131 Å². The third-order valence-electron chi connectivity index (χ3n) is 5.60. The van der Waals surface area contributed by atoms with E-state index in [-0.39, 0.29) is 42.6 Å². The van der Waals surface area contributed by atoms with Gasteiger partial charge in [-0.1, -0.05) is 54.6 Å². The van der Waals surface area contributed by atoms with Gasteiger partial charge in [-0.2, -0.15) is 0 Å². The number of hydrogen-bond acceptors (Lipinski definition) is 6. The molecule has 174 valence electrons. The van der Waals surface area contributed by atoms with Gasteiger partial charge in [0.2, 0.25) is 0 Å². The van der Waals surface area contributed by atoms with E-state index < -0.39 is 18.0 Å². The number of carbonyl (C=O) groups excluding carboxylic acids is 2. The van der Waals surface area contributed by atoms with E-state index in [1.165, 1.54) is 13.0 Å². The molecule has 2 amide bonds. The van der Waals surface area contributed by atoms with Crippen LogP contribution in [0.1, 0.15) is 40.2 Å². The largest absolute Gasteiger partial charge is 0.478 e. The van der Waals surface area contributed by atoms with Crippen molar-refractivity contribution in [3.63, 3.8) is 0 Å². The summed E-state index contributed by atoms with van der Waals surface area (Å²) < 4.78 is 10.7. The number of fused-ring (bicyclic) bond motifs is 3. The van der Waals surface area contributed by atoms with E-state index in [0.29, 0.717) is 0 Å². The molecule has 9 nitrogen and oxygen atoms in total. The summed E-state index contributed by atoms with van der Waals surface area (Å²) in [6, 6.07) is 16.1. The number of carboxylic acids is 1. The van der Waals surface area contributed by atoms with Crippen LogP contribution in [-0.2, 0) is 16.1 Å². The maximum atomic E-state index is 12.4. The monoisotopic (exact) mass is 461 g/mol. The van der Waals surface area contributed by atoms with Crippen LogP contribution >= 0.6 is 0 Å². The summed E-state index contributed by atoms with van der Waals surface area (Å²) in [5.41, 5.74) is 4.60. The summed E-state index contributed by atoms with van der Waals surface area (Å²) in [6.07, 6.45) is 1.82. The lowest BCUT2D eigenvalue weighted by Crippen LogP contribution is -2.28. The molecule has 0 bridgehead atoms. The summed E-state index contributed by atoms with van der Waals surface area (Å²) >= 11 is 0. The Bertz CT molecular complexity index is 1220. The number of carboxylic acid groups (broad SMARTS) is 1. The number of oxazole rings is 1. The molecule has 0 saturated heterocycles. The van der Waals surface area contributed by atoms with Crippen LogP contribution in [0.5, 0.6) is 0 Å². The Morgan fingerprint density at radius 1 is 1.06 bits per heavy atom.